The predicted octanol–water partition coefficient (Wildman–Crippen LogP) is 11.4. The van der Waals surface area contributed by atoms with E-state index in [9.17, 15) is 0 Å². The van der Waals surface area contributed by atoms with Crippen molar-refractivity contribution in [3.63, 3.8) is 0 Å². The number of hydrogen-bond donors (Lipinski definition) is 0. The maximum absolute atomic E-state index is 5.78. The third-order valence-electron chi connectivity index (χ3n) is 6.57. The molecule has 0 heterocycles. The van der Waals surface area contributed by atoms with Crippen LogP contribution in [0.25, 0.3) is 21.5 Å². The molecule has 0 radical (unpaired) electrons. The molecule has 0 aliphatic heterocycles. The molecule has 1 aliphatic carbocycles. The molecule has 0 unspecified atom stereocenters. The van der Waals surface area contributed by atoms with Crippen molar-refractivity contribution in [2.75, 3.05) is 0 Å². The van der Waals surface area contributed by atoms with Gasteiger partial charge in [-0.15, -0.1) is 33.2 Å². The van der Waals surface area contributed by atoms with E-state index in [1.807, 2.05) is 0 Å². The first-order valence-electron chi connectivity index (χ1n) is 12.5. The molecule has 4 rings (SSSR count). The van der Waals surface area contributed by atoms with E-state index >= 15 is 0 Å². The number of benzene rings is 3. The van der Waals surface area contributed by atoms with Gasteiger partial charge in [-0.25, -0.2) is 0 Å². The Hall–Kier alpha value is -0.803. The maximum atomic E-state index is 5.78. The van der Waals surface area contributed by atoms with Crippen LogP contribution >= 0.6 is 33.2 Å². The lowest BCUT2D eigenvalue weighted by molar-refractivity contribution is 0.585. The molecule has 3 aromatic rings. The summed E-state index contributed by atoms with van der Waals surface area (Å²) >= 11 is 17.4. The van der Waals surface area contributed by atoms with Gasteiger partial charge >= 0.3 is 6.00 Å². The predicted molar refractivity (Wildman–Crippen MR) is 158 cm³/mol. The molecule has 0 nitrogen and oxygen atoms in total. The van der Waals surface area contributed by atoms with Crippen LogP contribution in [-0.4, -0.2) is 6.00 Å². The van der Waals surface area contributed by atoms with Gasteiger partial charge in [0, 0.05) is 0 Å². The second-order valence-corrected chi connectivity index (χ2v) is 18.4. The molecule has 0 aromatic heterocycles. The highest BCUT2D eigenvalue weighted by Crippen LogP contribution is 2.33. The second kappa shape index (κ2) is 16.0. The van der Waals surface area contributed by atoms with E-state index < -0.39 is 6.00 Å². The van der Waals surface area contributed by atoms with Crippen molar-refractivity contribution >= 4 is 60.8 Å². The molecule has 0 saturated heterocycles. The quantitative estimate of drug-likeness (QED) is 0.109. The molecule has 0 amide bonds. The summed E-state index contributed by atoms with van der Waals surface area (Å²) in [6.45, 7) is 2.24. The van der Waals surface area contributed by atoms with Crippen LogP contribution in [0.3, 0.4) is 0 Å². The van der Waals surface area contributed by atoms with E-state index in [-0.39, 0.29) is 12.1 Å². The van der Waals surface area contributed by atoms with Gasteiger partial charge < -0.3 is 0 Å². The Balaban J connectivity index is 0.000000334. The molecular formula is C29H42Cl3FSi. The van der Waals surface area contributed by atoms with E-state index in [0.29, 0.717) is 0 Å². The minimum Gasteiger partial charge on any atom is -0.269 e. The van der Waals surface area contributed by atoms with E-state index in [1.165, 1.54) is 92.2 Å². The normalized spacial score (nSPS) is 12.8. The van der Waals surface area contributed by atoms with E-state index in [0.717, 1.165) is 12.5 Å². The zero-order valence-electron chi connectivity index (χ0n) is 19.9. The number of unbranched alkanes of at least 4 members (excludes halogenated alkanes) is 7. The summed E-state index contributed by atoms with van der Waals surface area (Å²) < 4.78 is 0. The zero-order valence-corrected chi connectivity index (χ0v) is 23.1. The van der Waals surface area contributed by atoms with Crippen LogP contribution in [0, 0.1) is 0 Å². The Morgan fingerprint density at radius 3 is 2.00 bits per heavy atom. The summed E-state index contributed by atoms with van der Waals surface area (Å²) in [5, 5.41) is 5.64. The number of fused-ring (bicyclic) bond motifs is 5. The van der Waals surface area contributed by atoms with Gasteiger partial charge in [0.05, 0.1) is 0 Å². The van der Waals surface area contributed by atoms with Gasteiger partial charge in [0.25, 0.3) is 0 Å². The van der Waals surface area contributed by atoms with E-state index in [4.69, 9.17) is 33.2 Å². The first kappa shape index (κ1) is 31.2. The largest absolute Gasteiger partial charge is 0.341 e. The summed E-state index contributed by atoms with van der Waals surface area (Å²) in [6.07, 6.45) is 15.6. The second-order valence-electron chi connectivity index (χ2n) is 9.13. The monoisotopic (exact) mass is 542 g/mol. The summed E-state index contributed by atoms with van der Waals surface area (Å²) in [7, 11) is 0. The Labute approximate surface area is 221 Å². The fraction of sp³-hybridized carbons (Fsp3) is 0.517. The summed E-state index contributed by atoms with van der Waals surface area (Å²) in [6, 6.07) is 16.5. The van der Waals surface area contributed by atoms with Crippen LogP contribution in [0.2, 0.25) is 6.04 Å². The Bertz CT molecular complexity index is 984. The van der Waals surface area contributed by atoms with Crippen molar-refractivity contribution in [1.29, 1.82) is 0 Å². The molecule has 3 aromatic carbocycles. The van der Waals surface area contributed by atoms with Crippen LogP contribution in [-0.2, 0) is 12.8 Å². The highest BCUT2D eigenvalue weighted by Gasteiger charge is 2.23. The Kier molecular flexibility index (Phi) is 14.7. The fourth-order valence-electron chi connectivity index (χ4n) is 4.80. The first-order valence-corrected chi connectivity index (χ1v) is 17.7. The average Bonchev–Trinajstić information content (AvgIpc) is 2.80. The van der Waals surface area contributed by atoms with Crippen LogP contribution in [0.1, 0.15) is 89.7 Å². The SMILES string of the molecule is C.CCCCCCCCCC[Si](Cl)(Cl)Cl.F.c1ccc2c(c1)ccc1c3c(ccc12)CCCC3. The zero-order chi connectivity index (χ0) is 22.8. The summed E-state index contributed by atoms with van der Waals surface area (Å²) in [4.78, 5) is 0. The van der Waals surface area contributed by atoms with Crippen LogP contribution in [0.4, 0.5) is 4.70 Å². The molecule has 0 atom stereocenters. The Morgan fingerprint density at radius 2 is 1.29 bits per heavy atom. The standard InChI is InChI=1S/C18H16.C10H21Cl3Si.CH4.FH/c1-3-7-15-13(5-1)9-11-18-16-8-4-2-6-14(16)10-12-17(15)18;1-2-3-4-5-6-7-8-9-10-14(11,12)13;;/h1,3,5,7,9-12H,2,4,6,8H2;2-10H2,1H3;1H4;1H. The topological polar surface area (TPSA) is 0 Å². The molecule has 0 N–H and O–H groups in total. The Morgan fingerprint density at radius 1 is 0.676 bits per heavy atom. The van der Waals surface area contributed by atoms with Crippen molar-refractivity contribution in [2.45, 2.75) is 97.4 Å². The van der Waals surface area contributed by atoms with Gasteiger partial charge in [0.15, 0.2) is 0 Å². The molecule has 0 saturated carbocycles. The van der Waals surface area contributed by atoms with Gasteiger partial charge in [0.2, 0.25) is 0 Å². The van der Waals surface area contributed by atoms with Crippen molar-refractivity contribution in [3.8, 4) is 0 Å². The van der Waals surface area contributed by atoms with E-state index in [1.54, 1.807) is 11.1 Å². The van der Waals surface area contributed by atoms with Crippen LogP contribution in [0.15, 0.2) is 48.5 Å². The van der Waals surface area contributed by atoms with Crippen molar-refractivity contribution < 1.29 is 4.70 Å². The number of halogens is 4. The first-order chi connectivity index (χ1) is 15.5. The van der Waals surface area contributed by atoms with Crippen molar-refractivity contribution in [1.82, 2.24) is 0 Å². The average molecular weight is 544 g/mol. The van der Waals surface area contributed by atoms with E-state index in [2.05, 4.69) is 55.5 Å². The van der Waals surface area contributed by atoms with Gasteiger partial charge in [-0.1, -0.05) is 114 Å². The lowest BCUT2D eigenvalue weighted by Gasteiger charge is -2.18. The summed E-state index contributed by atoms with van der Waals surface area (Å²) in [5.41, 5.74) is 3.17. The molecule has 1 aliphatic rings. The lowest BCUT2D eigenvalue weighted by Crippen LogP contribution is -2.07. The van der Waals surface area contributed by atoms with Crippen LogP contribution < -0.4 is 0 Å². The highest BCUT2D eigenvalue weighted by molar-refractivity contribution is 7.64. The number of aryl methyl sites for hydroxylation is 2. The maximum Gasteiger partial charge on any atom is 0.341 e. The minimum atomic E-state index is -2.32. The van der Waals surface area contributed by atoms with Crippen molar-refractivity contribution in [2.24, 2.45) is 0 Å². The minimum absolute atomic E-state index is 0. The van der Waals surface area contributed by atoms with Gasteiger partial charge in [0.1, 0.15) is 0 Å². The molecule has 5 heteroatoms. The smallest absolute Gasteiger partial charge is 0.269 e. The lowest BCUT2D eigenvalue weighted by atomic mass is 9.86. The molecule has 0 spiro atoms. The molecule has 190 valence electrons. The van der Waals surface area contributed by atoms with Gasteiger partial charge in [-0.05, 0) is 64.4 Å². The van der Waals surface area contributed by atoms with Crippen LogP contribution in [0.5, 0.6) is 0 Å². The third kappa shape index (κ3) is 9.68. The fourth-order valence-corrected chi connectivity index (χ4v) is 6.66. The number of hydrogen-bond acceptors (Lipinski definition) is 0. The molecule has 0 fully saturated rings. The van der Waals surface area contributed by atoms with Gasteiger partial charge in [-0.2, -0.15) is 0 Å². The number of rotatable bonds is 9. The molecule has 34 heavy (non-hydrogen) atoms. The molecule has 0 bridgehead atoms. The molecular weight excluding hydrogens is 502 g/mol. The van der Waals surface area contributed by atoms with Gasteiger partial charge in [-0.3, -0.25) is 4.70 Å². The summed E-state index contributed by atoms with van der Waals surface area (Å²) in [5.74, 6) is 0. The highest BCUT2D eigenvalue weighted by atomic mass is 35.8. The van der Waals surface area contributed by atoms with Crippen molar-refractivity contribution in [3.05, 3.63) is 59.7 Å². The third-order valence-corrected chi connectivity index (χ3v) is 9.19.